The number of hydrogen-bond acceptors (Lipinski definition) is 6. The molecule has 12 heteroatoms. The van der Waals surface area contributed by atoms with E-state index >= 15 is 0 Å². The Bertz CT molecular complexity index is 1210. The van der Waals surface area contributed by atoms with Gasteiger partial charge in [-0.15, -0.1) is 0 Å². The Morgan fingerprint density at radius 1 is 1.00 bits per heavy atom. The Morgan fingerprint density at radius 2 is 1.55 bits per heavy atom. The first-order valence-electron chi connectivity index (χ1n) is 8.50. The average molecular weight is 454 g/mol. The molecule has 0 aliphatic carbocycles. The predicted octanol–water partition coefficient (Wildman–Crippen LogP) is 3.89. The minimum Gasteiger partial charge on any atom is -0.464 e. The molecule has 0 unspecified atom stereocenters. The van der Waals surface area contributed by atoms with E-state index in [1.165, 1.54) is 42.5 Å². The Hall–Kier alpha value is -3.67. The number of amides is 1. The van der Waals surface area contributed by atoms with E-state index in [9.17, 15) is 36.3 Å². The molecular formula is C19H13F3N2O6S. The van der Waals surface area contributed by atoms with Crippen molar-refractivity contribution in [2.45, 2.75) is 17.5 Å². The van der Waals surface area contributed by atoms with Gasteiger partial charge >= 0.3 is 12.3 Å². The van der Waals surface area contributed by atoms with E-state index in [1.807, 2.05) is 0 Å². The smallest absolute Gasteiger partial charge is 0.450 e. The van der Waals surface area contributed by atoms with E-state index in [0.29, 0.717) is 0 Å². The molecule has 1 N–H and O–H groups in total. The molecule has 2 aromatic carbocycles. The number of aromatic nitrogens is 1. The zero-order valence-electron chi connectivity index (χ0n) is 15.4. The topological polar surface area (TPSA) is 118 Å². The zero-order valence-corrected chi connectivity index (χ0v) is 16.2. The lowest BCUT2D eigenvalue weighted by Crippen LogP contribution is -2.37. The molecule has 0 fully saturated rings. The molecule has 8 nitrogen and oxygen atoms in total. The maximum Gasteiger partial charge on any atom is 0.450 e. The molecule has 1 amide bonds. The molecule has 0 atom stereocenters. The number of benzene rings is 2. The van der Waals surface area contributed by atoms with E-state index < -0.39 is 50.8 Å². The molecule has 0 aliphatic rings. The summed E-state index contributed by atoms with van der Waals surface area (Å²) in [4.78, 5) is 23.1. The molecular weight excluding hydrogens is 441 g/mol. The van der Waals surface area contributed by atoms with Gasteiger partial charge in [0.2, 0.25) is 5.78 Å². The number of sulfonamides is 1. The number of alkyl halides is 3. The molecule has 0 radical (unpaired) electrons. The maximum atomic E-state index is 13.1. The van der Waals surface area contributed by atoms with Crippen LogP contribution in [0.4, 0.5) is 23.7 Å². The van der Waals surface area contributed by atoms with Gasteiger partial charge in [-0.2, -0.15) is 17.5 Å². The van der Waals surface area contributed by atoms with Gasteiger partial charge in [-0.3, -0.25) is 4.79 Å². The van der Waals surface area contributed by atoms with E-state index in [0.717, 1.165) is 12.1 Å². The van der Waals surface area contributed by atoms with Crippen LogP contribution >= 0.6 is 0 Å². The van der Waals surface area contributed by atoms with Crippen molar-refractivity contribution in [3.63, 3.8) is 0 Å². The van der Waals surface area contributed by atoms with Crippen LogP contribution in [0.3, 0.4) is 0 Å². The summed E-state index contributed by atoms with van der Waals surface area (Å²) < 4.78 is 69.2. The fourth-order valence-electron chi connectivity index (χ4n) is 2.69. The molecule has 0 saturated carbocycles. The minimum atomic E-state index is -5.25. The Balaban J connectivity index is 2.25. The average Bonchev–Trinajstić information content (AvgIpc) is 3.11. The van der Waals surface area contributed by atoms with Crippen molar-refractivity contribution in [2.75, 3.05) is 4.31 Å². The van der Waals surface area contributed by atoms with Crippen molar-refractivity contribution in [2.24, 2.45) is 0 Å². The van der Waals surface area contributed by atoms with Gasteiger partial charge in [0.1, 0.15) is 11.4 Å². The number of rotatable bonds is 6. The van der Waals surface area contributed by atoms with Gasteiger partial charge in [0.05, 0.1) is 11.3 Å². The van der Waals surface area contributed by atoms with Gasteiger partial charge in [0, 0.05) is 5.56 Å². The van der Waals surface area contributed by atoms with Crippen LogP contribution in [0, 0.1) is 0 Å². The van der Waals surface area contributed by atoms with Crippen LogP contribution < -0.4 is 4.31 Å². The molecule has 3 aromatic rings. The van der Waals surface area contributed by atoms with E-state index in [1.54, 1.807) is 6.07 Å². The third-order valence-corrected chi connectivity index (χ3v) is 5.77. The zero-order chi connectivity index (χ0) is 22.8. The summed E-state index contributed by atoms with van der Waals surface area (Å²) in [6.07, 6.45) is -8.71. The van der Waals surface area contributed by atoms with Gasteiger partial charge in [0.25, 0.3) is 10.0 Å². The summed E-state index contributed by atoms with van der Waals surface area (Å²) >= 11 is 0. The first-order valence-corrected chi connectivity index (χ1v) is 9.94. The van der Waals surface area contributed by atoms with Gasteiger partial charge in [0.15, 0.2) is 5.76 Å². The first-order chi connectivity index (χ1) is 14.5. The van der Waals surface area contributed by atoms with Crippen LogP contribution in [-0.4, -0.2) is 36.7 Å². The highest BCUT2D eigenvalue weighted by atomic mass is 32.2. The highest BCUT2D eigenvalue weighted by molar-refractivity contribution is 7.93. The third-order valence-electron chi connectivity index (χ3n) is 4.08. The number of nitrogens with zero attached hydrogens (tertiary/aromatic N) is 2. The third kappa shape index (κ3) is 4.43. The molecule has 0 spiro atoms. The van der Waals surface area contributed by atoms with E-state index in [-0.39, 0.29) is 15.6 Å². The number of halogens is 3. The molecule has 0 aliphatic heterocycles. The number of carbonyl (C=O) groups is 2. The second kappa shape index (κ2) is 8.22. The quantitative estimate of drug-likeness (QED) is 0.600. The maximum absolute atomic E-state index is 13.1. The summed E-state index contributed by atoms with van der Waals surface area (Å²) in [5, 5.41) is 13.3. The van der Waals surface area contributed by atoms with Crippen LogP contribution in [0.2, 0.25) is 0 Å². The first kappa shape index (κ1) is 22.0. The number of anilines is 1. The van der Waals surface area contributed by atoms with Crippen LogP contribution in [0.5, 0.6) is 0 Å². The van der Waals surface area contributed by atoms with E-state index in [4.69, 9.17) is 4.52 Å². The number of carbonyl (C=O) groups excluding carboxylic acids is 1. The summed E-state index contributed by atoms with van der Waals surface area (Å²) in [7, 11) is -4.81. The normalized spacial score (nSPS) is 11.8. The van der Waals surface area contributed by atoms with Crippen molar-refractivity contribution in [1.82, 2.24) is 5.16 Å². The van der Waals surface area contributed by atoms with Crippen LogP contribution in [0.25, 0.3) is 11.3 Å². The molecule has 162 valence electrons. The fraction of sp³-hybridized carbons (Fsp3) is 0.105. The highest BCUT2D eigenvalue weighted by Gasteiger charge is 2.43. The number of hydrogen-bond donors (Lipinski definition) is 1. The monoisotopic (exact) mass is 454 g/mol. The SMILES string of the molecule is O=C(O)N(c1c(-c2ccccc2)noc1CC(=O)C(F)(F)F)S(=O)(=O)c1ccccc1. The van der Waals surface area contributed by atoms with Crippen molar-refractivity contribution < 1.29 is 40.8 Å². The van der Waals surface area contributed by atoms with Crippen molar-refractivity contribution in [1.29, 1.82) is 0 Å². The summed E-state index contributed by atoms with van der Waals surface area (Å²) in [6.45, 7) is 0. The second-order valence-corrected chi connectivity index (χ2v) is 7.92. The van der Waals surface area contributed by atoms with E-state index in [2.05, 4.69) is 5.16 Å². The number of Topliss-reactive ketones (excluding diaryl/α,β-unsaturated/α-hetero) is 1. The lowest BCUT2D eigenvalue weighted by Gasteiger charge is -2.20. The molecule has 0 saturated heterocycles. The molecule has 1 heterocycles. The minimum absolute atomic E-state index is 0.139. The van der Waals surface area contributed by atoms with Gasteiger partial charge in [-0.1, -0.05) is 53.7 Å². The molecule has 3 rings (SSSR count). The largest absolute Gasteiger partial charge is 0.464 e. The van der Waals surface area contributed by atoms with Crippen molar-refractivity contribution in [3.05, 3.63) is 66.4 Å². The lowest BCUT2D eigenvalue weighted by atomic mass is 10.1. The fourth-order valence-corrected chi connectivity index (χ4v) is 4.04. The second-order valence-electron chi connectivity index (χ2n) is 6.13. The standard InChI is InChI=1S/C19H13F3N2O6S/c20-19(21,22)15(25)11-14-17(16(23-30-14)12-7-3-1-4-8-12)24(18(26)27)31(28,29)13-9-5-2-6-10-13/h1-10H,11H2,(H,26,27). The molecule has 31 heavy (non-hydrogen) atoms. The molecule has 0 bridgehead atoms. The lowest BCUT2D eigenvalue weighted by molar-refractivity contribution is -0.170. The van der Waals surface area contributed by atoms with Gasteiger partial charge < -0.3 is 9.63 Å². The van der Waals surface area contributed by atoms with Crippen LogP contribution in [-0.2, 0) is 21.2 Å². The predicted molar refractivity (Wildman–Crippen MR) is 101 cm³/mol. The summed E-state index contributed by atoms with van der Waals surface area (Å²) in [5.74, 6) is -3.12. The Kier molecular flexibility index (Phi) is 5.84. The van der Waals surface area contributed by atoms with Gasteiger partial charge in [-0.25, -0.2) is 13.2 Å². The Morgan fingerprint density at radius 3 is 2.06 bits per heavy atom. The number of carboxylic acid groups (broad SMARTS) is 1. The van der Waals surface area contributed by atoms with Crippen molar-refractivity contribution in [3.8, 4) is 11.3 Å². The van der Waals surface area contributed by atoms with Gasteiger partial charge in [-0.05, 0) is 12.1 Å². The summed E-state index contributed by atoms with van der Waals surface area (Å²) in [5.41, 5.74) is -0.978. The number of ketones is 1. The van der Waals surface area contributed by atoms with Crippen LogP contribution in [0.15, 0.2) is 70.1 Å². The van der Waals surface area contributed by atoms with Crippen LogP contribution in [0.1, 0.15) is 5.76 Å². The highest BCUT2D eigenvalue weighted by Crippen LogP contribution is 2.38. The summed E-state index contributed by atoms with van der Waals surface area (Å²) in [6, 6.07) is 13.9. The molecule has 1 aromatic heterocycles. The van der Waals surface area contributed by atoms with Crippen molar-refractivity contribution >= 4 is 27.6 Å². The Labute approximate surface area is 173 Å².